The van der Waals surface area contributed by atoms with Crippen molar-refractivity contribution in [1.82, 2.24) is 15.0 Å². The Bertz CT molecular complexity index is 1130. The number of hydrogen-bond donors (Lipinski definition) is 2. The molecule has 1 aromatic heterocycles. The molecule has 0 radical (unpaired) electrons. The van der Waals surface area contributed by atoms with Gasteiger partial charge >= 0.3 is 0 Å². The van der Waals surface area contributed by atoms with Crippen LogP contribution >= 0.6 is 0 Å². The number of fused-ring (bicyclic) bond motifs is 1. The van der Waals surface area contributed by atoms with E-state index in [0.29, 0.717) is 24.4 Å². The number of ether oxygens (including phenoxy) is 3. The fraction of sp³-hybridized carbons (Fsp3) is 0.400. The molecule has 1 fully saturated rings. The first-order chi connectivity index (χ1) is 17.2. The van der Waals surface area contributed by atoms with Gasteiger partial charge in [-0.15, -0.1) is 0 Å². The minimum atomic E-state index is 0.259. The van der Waals surface area contributed by atoms with E-state index in [4.69, 9.17) is 14.2 Å². The first kappa shape index (κ1) is 23.0. The van der Waals surface area contributed by atoms with Crippen LogP contribution in [0.1, 0.15) is 19.4 Å². The SMILES string of the molecule is CCN(CC)c1nc(NCc2ccc3c(c2)OCO3)nc(Nc2ccc(N3CCOCC3)cc2)n1. The van der Waals surface area contributed by atoms with Gasteiger partial charge in [-0.05, 0) is 55.8 Å². The lowest BCUT2D eigenvalue weighted by molar-refractivity contribution is 0.122. The Morgan fingerprint density at radius 2 is 1.63 bits per heavy atom. The normalized spacial score (nSPS) is 14.6. The molecule has 184 valence electrons. The topological polar surface area (TPSA) is 96.9 Å². The molecular formula is C25H31N7O3. The predicted octanol–water partition coefficient (Wildman–Crippen LogP) is 3.64. The Kier molecular flexibility index (Phi) is 6.99. The molecule has 10 nitrogen and oxygen atoms in total. The summed E-state index contributed by atoms with van der Waals surface area (Å²) in [5.41, 5.74) is 3.15. The molecule has 1 saturated heterocycles. The number of rotatable bonds is 9. The third-order valence-electron chi connectivity index (χ3n) is 6.06. The quantitative estimate of drug-likeness (QED) is 0.475. The zero-order valence-corrected chi connectivity index (χ0v) is 20.2. The van der Waals surface area contributed by atoms with Gasteiger partial charge < -0.3 is 34.6 Å². The van der Waals surface area contributed by atoms with Gasteiger partial charge in [-0.25, -0.2) is 0 Å². The molecule has 2 aromatic carbocycles. The van der Waals surface area contributed by atoms with Gasteiger partial charge in [0, 0.05) is 44.1 Å². The van der Waals surface area contributed by atoms with E-state index in [1.807, 2.05) is 30.3 Å². The summed E-state index contributed by atoms with van der Waals surface area (Å²) < 4.78 is 16.3. The van der Waals surface area contributed by atoms with Crippen molar-refractivity contribution in [1.29, 1.82) is 0 Å². The van der Waals surface area contributed by atoms with Crippen LogP contribution in [0.15, 0.2) is 42.5 Å². The van der Waals surface area contributed by atoms with Gasteiger partial charge in [-0.2, -0.15) is 15.0 Å². The second-order valence-corrected chi connectivity index (χ2v) is 8.27. The fourth-order valence-electron chi connectivity index (χ4n) is 4.09. The van der Waals surface area contributed by atoms with Crippen LogP contribution in [-0.4, -0.2) is 61.1 Å². The molecule has 0 spiro atoms. The number of nitrogens with zero attached hydrogens (tertiary/aromatic N) is 5. The molecule has 0 aliphatic carbocycles. The highest BCUT2D eigenvalue weighted by molar-refractivity contribution is 5.60. The van der Waals surface area contributed by atoms with Gasteiger partial charge in [0.1, 0.15) is 0 Å². The molecule has 0 unspecified atom stereocenters. The summed E-state index contributed by atoms with van der Waals surface area (Å²) in [5.74, 6) is 3.15. The number of nitrogens with one attached hydrogen (secondary N) is 2. The lowest BCUT2D eigenvalue weighted by atomic mass is 10.2. The Labute approximate surface area is 205 Å². The summed E-state index contributed by atoms with van der Waals surface area (Å²) in [6, 6.07) is 14.2. The summed E-state index contributed by atoms with van der Waals surface area (Å²) >= 11 is 0. The standard InChI is InChI=1S/C25H31N7O3/c1-3-31(4-2)25-29-23(26-16-18-5-10-21-22(15-18)35-17-34-21)28-24(30-25)27-19-6-8-20(9-7-19)32-11-13-33-14-12-32/h5-10,15H,3-4,11-14,16-17H2,1-2H3,(H2,26,27,28,29,30). The van der Waals surface area contributed by atoms with Crippen molar-refractivity contribution in [2.24, 2.45) is 0 Å². The number of anilines is 5. The number of morpholine rings is 1. The maximum atomic E-state index is 5.49. The first-order valence-corrected chi connectivity index (χ1v) is 12.0. The molecule has 3 aromatic rings. The largest absolute Gasteiger partial charge is 0.454 e. The summed E-state index contributed by atoms with van der Waals surface area (Å²) in [7, 11) is 0. The van der Waals surface area contributed by atoms with Crippen LogP contribution in [0.4, 0.5) is 29.2 Å². The summed E-state index contributed by atoms with van der Waals surface area (Å²) in [5, 5.41) is 6.67. The van der Waals surface area contributed by atoms with Crippen LogP contribution < -0.4 is 29.9 Å². The maximum Gasteiger partial charge on any atom is 0.233 e. The van der Waals surface area contributed by atoms with Gasteiger partial charge in [0.2, 0.25) is 24.6 Å². The third-order valence-corrected chi connectivity index (χ3v) is 6.06. The van der Waals surface area contributed by atoms with Crippen LogP contribution in [0.5, 0.6) is 11.5 Å². The van der Waals surface area contributed by atoms with E-state index in [1.54, 1.807) is 0 Å². The van der Waals surface area contributed by atoms with Gasteiger partial charge in [0.15, 0.2) is 11.5 Å². The highest BCUT2D eigenvalue weighted by atomic mass is 16.7. The molecule has 0 saturated carbocycles. The van der Waals surface area contributed by atoms with E-state index in [-0.39, 0.29) is 6.79 Å². The molecule has 0 bridgehead atoms. The highest BCUT2D eigenvalue weighted by Gasteiger charge is 2.15. The van der Waals surface area contributed by atoms with Crippen molar-refractivity contribution in [2.75, 3.05) is 66.6 Å². The molecule has 3 heterocycles. The molecule has 2 aliphatic heterocycles. The Balaban J connectivity index is 1.32. The average Bonchev–Trinajstić information content (AvgIpc) is 3.37. The van der Waals surface area contributed by atoms with Crippen LogP contribution in [-0.2, 0) is 11.3 Å². The highest BCUT2D eigenvalue weighted by Crippen LogP contribution is 2.32. The van der Waals surface area contributed by atoms with E-state index < -0.39 is 0 Å². The Morgan fingerprint density at radius 3 is 2.40 bits per heavy atom. The number of aromatic nitrogens is 3. The molecular weight excluding hydrogens is 446 g/mol. The number of benzene rings is 2. The lowest BCUT2D eigenvalue weighted by Crippen LogP contribution is -2.36. The third kappa shape index (κ3) is 5.48. The van der Waals surface area contributed by atoms with Crippen LogP contribution in [0, 0.1) is 0 Å². The lowest BCUT2D eigenvalue weighted by Gasteiger charge is -2.28. The fourth-order valence-corrected chi connectivity index (χ4v) is 4.09. The molecule has 0 atom stereocenters. The van der Waals surface area contributed by atoms with Crippen LogP contribution in [0.25, 0.3) is 0 Å². The van der Waals surface area contributed by atoms with Crippen molar-refractivity contribution in [3.63, 3.8) is 0 Å². The predicted molar refractivity (Wildman–Crippen MR) is 136 cm³/mol. The van der Waals surface area contributed by atoms with E-state index >= 15 is 0 Å². The van der Waals surface area contributed by atoms with Crippen molar-refractivity contribution >= 4 is 29.2 Å². The van der Waals surface area contributed by atoms with E-state index in [9.17, 15) is 0 Å². The Hall–Kier alpha value is -3.79. The monoisotopic (exact) mass is 477 g/mol. The summed E-state index contributed by atoms with van der Waals surface area (Å²) in [6.45, 7) is 9.93. The second kappa shape index (κ2) is 10.6. The zero-order chi connectivity index (χ0) is 24.0. The van der Waals surface area contributed by atoms with Gasteiger partial charge in [0.05, 0.1) is 13.2 Å². The molecule has 0 amide bonds. The van der Waals surface area contributed by atoms with Crippen molar-refractivity contribution in [2.45, 2.75) is 20.4 Å². The van der Waals surface area contributed by atoms with E-state index in [2.05, 4.69) is 61.4 Å². The van der Waals surface area contributed by atoms with Gasteiger partial charge in [-0.1, -0.05) is 6.07 Å². The summed E-state index contributed by atoms with van der Waals surface area (Å²) in [6.07, 6.45) is 0. The first-order valence-electron chi connectivity index (χ1n) is 12.0. The smallest absolute Gasteiger partial charge is 0.233 e. The van der Waals surface area contributed by atoms with Crippen molar-refractivity contribution in [3.05, 3.63) is 48.0 Å². The molecule has 2 N–H and O–H groups in total. The molecule has 10 heteroatoms. The average molecular weight is 478 g/mol. The molecule has 35 heavy (non-hydrogen) atoms. The van der Waals surface area contributed by atoms with Crippen molar-refractivity contribution < 1.29 is 14.2 Å². The zero-order valence-electron chi connectivity index (χ0n) is 20.2. The van der Waals surface area contributed by atoms with Crippen LogP contribution in [0.3, 0.4) is 0 Å². The van der Waals surface area contributed by atoms with Crippen LogP contribution in [0.2, 0.25) is 0 Å². The van der Waals surface area contributed by atoms with E-state index in [0.717, 1.165) is 62.1 Å². The summed E-state index contributed by atoms with van der Waals surface area (Å²) in [4.78, 5) is 18.4. The minimum Gasteiger partial charge on any atom is -0.454 e. The number of hydrogen-bond acceptors (Lipinski definition) is 10. The Morgan fingerprint density at radius 1 is 0.886 bits per heavy atom. The van der Waals surface area contributed by atoms with E-state index in [1.165, 1.54) is 5.69 Å². The maximum absolute atomic E-state index is 5.49. The molecule has 2 aliphatic rings. The minimum absolute atomic E-state index is 0.259. The molecule has 5 rings (SSSR count). The van der Waals surface area contributed by atoms with Gasteiger partial charge in [0.25, 0.3) is 0 Å². The van der Waals surface area contributed by atoms with Crippen molar-refractivity contribution in [3.8, 4) is 11.5 Å². The van der Waals surface area contributed by atoms with Gasteiger partial charge in [-0.3, -0.25) is 0 Å². The second-order valence-electron chi connectivity index (χ2n) is 8.27.